The molecule has 0 bridgehead atoms. The molecule has 0 aliphatic rings. The van der Waals surface area contributed by atoms with E-state index in [4.69, 9.17) is 9.16 Å². The lowest BCUT2D eigenvalue weighted by molar-refractivity contribution is -0.0179. The minimum absolute atomic E-state index is 0.766. The maximum absolute atomic E-state index is 9.66. The number of nitrogens with zero attached hydrogens (tertiary/aromatic N) is 2. The normalized spacial score (nSPS) is 14.8. The van der Waals surface area contributed by atoms with Gasteiger partial charge in [-0.2, -0.15) is 5.26 Å². The van der Waals surface area contributed by atoms with Crippen LogP contribution in [0.25, 0.3) is 0 Å². The van der Waals surface area contributed by atoms with Gasteiger partial charge in [0, 0.05) is 5.56 Å². The van der Waals surface area contributed by atoms with Crippen LogP contribution in [0.3, 0.4) is 0 Å². The van der Waals surface area contributed by atoms with Gasteiger partial charge in [0.1, 0.15) is 11.8 Å². The fourth-order valence-corrected chi connectivity index (χ4v) is 3.09. The standard InChI is InChI=1S/C14H22N2O2Si/c1-16(2)14(11-15,18-19(4,5)6)12-7-9-13(17-3)10-8-12/h7-10H,1-6H3. The molecule has 0 fully saturated rings. The molecule has 5 heteroatoms. The van der Waals surface area contributed by atoms with Crippen LogP contribution < -0.4 is 4.74 Å². The smallest absolute Gasteiger partial charge is 0.227 e. The molecule has 1 aromatic rings. The summed E-state index contributed by atoms with van der Waals surface area (Å²) in [4.78, 5) is 1.81. The Bertz CT molecular complexity index is 460. The van der Waals surface area contributed by atoms with Crippen LogP contribution in [-0.2, 0) is 10.2 Å². The zero-order valence-corrected chi connectivity index (χ0v) is 13.5. The topological polar surface area (TPSA) is 45.5 Å². The highest BCUT2D eigenvalue weighted by molar-refractivity contribution is 6.69. The lowest BCUT2D eigenvalue weighted by atomic mass is 10.0. The molecule has 0 spiro atoms. The SMILES string of the molecule is COc1ccc(C(C#N)(O[Si](C)(C)C)N(C)C)cc1. The van der Waals surface area contributed by atoms with Gasteiger partial charge < -0.3 is 9.16 Å². The van der Waals surface area contributed by atoms with E-state index in [0.29, 0.717) is 0 Å². The molecular weight excluding hydrogens is 256 g/mol. The lowest BCUT2D eigenvalue weighted by Gasteiger charge is -2.38. The third-order valence-corrected chi connectivity index (χ3v) is 3.62. The molecule has 0 heterocycles. The highest BCUT2D eigenvalue weighted by Crippen LogP contribution is 2.32. The second kappa shape index (κ2) is 5.74. The summed E-state index contributed by atoms with van der Waals surface area (Å²) in [6, 6.07) is 9.77. The van der Waals surface area contributed by atoms with Gasteiger partial charge in [-0.25, -0.2) is 0 Å². The first-order valence-corrected chi connectivity index (χ1v) is 9.59. The van der Waals surface area contributed by atoms with Crippen molar-refractivity contribution in [3.63, 3.8) is 0 Å². The summed E-state index contributed by atoms with van der Waals surface area (Å²) in [5.74, 6) is 0.766. The van der Waals surface area contributed by atoms with Gasteiger partial charge in [-0.05, 0) is 58.0 Å². The zero-order valence-electron chi connectivity index (χ0n) is 12.5. The molecular formula is C14H22N2O2Si. The average molecular weight is 278 g/mol. The molecule has 0 aromatic heterocycles. The summed E-state index contributed by atoms with van der Waals surface area (Å²) < 4.78 is 11.3. The molecule has 0 saturated heterocycles. The van der Waals surface area contributed by atoms with Crippen molar-refractivity contribution < 1.29 is 9.16 Å². The maximum atomic E-state index is 9.66. The third-order valence-electron chi connectivity index (χ3n) is 2.72. The van der Waals surface area contributed by atoms with E-state index >= 15 is 0 Å². The van der Waals surface area contributed by atoms with Gasteiger partial charge in [0.05, 0.1) is 7.11 Å². The van der Waals surface area contributed by atoms with Crippen LogP contribution in [0, 0.1) is 11.3 Å². The van der Waals surface area contributed by atoms with Gasteiger partial charge in [-0.3, -0.25) is 4.90 Å². The number of nitriles is 1. The summed E-state index contributed by atoms with van der Waals surface area (Å²) in [5, 5.41) is 9.66. The van der Waals surface area contributed by atoms with Crippen LogP contribution in [0.1, 0.15) is 5.56 Å². The minimum atomic E-state index is -1.88. The predicted octanol–water partition coefficient (Wildman–Crippen LogP) is 2.78. The highest BCUT2D eigenvalue weighted by Gasteiger charge is 2.40. The van der Waals surface area contributed by atoms with Gasteiger partial charge in [0.15, 0.2) is 8.32 Å². The Hall–Kier alpha value is -1.35. The molecule has 0 aliphatic heterocycles. The lowest BCUT2D eigenvalue weighted by Crippen LogP contribution is -2.49. The van der Waals surface area contributed by atoms with E-state index in [1.165, 1.54) is 0 Å². The zero-order chi connectivity index (χ0) is 14.7. The second-order valence-electron chi connectivity index (χ2n) is 5.59. The molecule has 0 aliphatic carbocycles. The van der Waals surface area contributed by atoms with E-state index in [9.17, 15) is 5.26 Å². The molecule has 1 rings (SSSR count). The molecule has 1 unspecified atom stereocenters. The summed E-state index contributed by atoms with van der Waals surface area (Å²) in [6.07, 6.45) is 0. The van der Waals surface area contributed by atoms with Crippen molar-refractivity contribution in [2.75, 3.05) is 21.2 Å². The van der Waals surface area contributed by atoms with E-state index in [2.05, 4.69) is 25.7 Å². The van der Waals surface area contributed by atoms with Crippen molar-refractivity contribution in [2.24, 2.45) is 0 Å². The van der Waals surface area contributed by atoms with E-state index in [-0.39, 0.29) is 0 Å². The van der Waals surface area contributed by atoms with Crippen molar-refractivity contribution in [1.29, 1.82) is 5.26 Å². The quantitative estimate of drug-likeness (QED) is 0.614. The number of ether oxygens (including phenoxy) is 1. The minimum Gasteiger partial charge on any atom is -0.497 e. The Kier molecular flexibility index (Phi) is 4.74. The van der Waals surface area contributed by atoms with Crippen LogP contribution >= 0.6 is 0 Å². The Morgan fingerprint density at radius 1 is 1.16 bits per heavy atom. The van der Waals surface area contributed by atoms with Crippen molar-refractivity contribution in [3.05, 3.63) is 29.8 Å². The van der Waals surface area contributed by atoms with Crippen LogP contribution in [0.4, 0.5) is 0 Å². The largest absolute Gasteiger partial charge is 0.497 e. The molecule has 1 aromatic carbocycles. The maximum Gasteiger partial charge on any atom is 0.227 e. The van der Waals surface area contributed by atoms with Gasteiger partial charge >= 0.3 is 0 Å². The van der Waals surface area contributed by atoms with Crippen molar-refractivity contribution in [3.8, 4) is 11.8 Å². The fraction of sp³-hybridized carbons (Fsp3) is 0.500. The van der Waals surface area contributed by atoms with Gasteiger partial charge in [-0.1, -0.05) is 0 Å². The number of hydrogen-bond donors (Lipinski definition) is 0. The third kappa shape index (κ3) is 3.57. The van der Waals surface area contributed by atoms with E-state index in [0.717, 1.165) is 11.3 Å². The van der Waals surface area contributed by atoms with Crippen molar-refractivity contribution in [2.45, 2.75) is 25.4 Å². The molecule has 19 heavy (non-hydrogen) atoms. The molecule has 4 nitrogen and oxygen atoms in total. The number of benzene rings is 1. The van der Waals surface area contributed by atoms with E-state index in [1.807, 2.05) is 43.3 Å². The summed E-state index contributed by atoms with van der Waals surface area (Å²) >= 11 is 0. The van der Waals surface area contributed by atoms with Gasteiger partial charge in [-0.15, -0.1) is 0 Å². The Balaban J connectivity index is 3.26. The van der Waals surface area contributed by atoms with E-state index < -0.39 is 14.0 Å². The van der Waals surface area contributed by atoms with Crippen LogP contribution in [0.15, 0.2) is 24.3 Å². The monoisotopic (exact) mass is 278 g/mol. The summed E-state index contributed by atoms with van der Waals surface area (Å²) in [5.41, 5.74) is -0.222. The molecule has 0 N–H and O–H groups in total. The van der Waals surface area contributed by atoms with Crippen LogP contribution in [-0.4, -0.2) is 34.4 Å². The molecule has 0 saturated carbocycles. The average Bonchev–Trinajstić information content (AvgIpc) is 2.34. The first kappa shape index (κ1) is 15.7. The molecule has 104 valence electrons. The first-order valence-electron chi connectivity index (χ1n) is 6.18. The Morgan fingerprint density at radius 3 is 2.00 bits per heavy atom. The highest BCUT2D eigenvalue weighted by atomic mass is 28.4. The molecule has 0 amide bonds. The van der Waals surface area contributed by atoms with Gasteiger partial charge in [0.25, 0.3) is 0 Å². The Morgan fingerprint density at radius 2 is 1.68 bits per heavy atom. The summed E-state index contributed by atoms with van der Waals surface area (Å²) in [6.45, 7) is 6.23. The van der Waals surface area contributed by atoms with Crippen molar-refractivity contribution in [1.82, 2.24) is 4.90 Å². The number of rotatable bonds is 5. The number of methoxy groups -OCH3 is 1. The van der Waals surface area contributed by atoms with E-state index in [1.54, 1.807) is 7.11 Å². The second-order valence-corrected chi connectivity index (χ2v) is 10.0. The number of hydrogen-bond acceptors (Lipinski definition) is 4. The fourth-order valence-electron chi connectivity index (χ4n) is 1.86. The molecule has 1 atom stereocenters. The van der Waals surface area contributed by atoms with Crippen LogP contribution in [0.5, 0.6) is 5.75 Å². The van der Waals surface area contributed by atoms with Gasteiger partial charge in [0.2, 0.25) is 5.72 Å². The predicted molar refractivity (Wildman–Crippen MR) is 78.4 cm³/mol. The van der Waals surface area contributed by atoms with Crippen LogP contribution in [0.2, 0.25) is 19.6 Å². The van der Waals surface area contributed by atoms with Crippen molar-refractivity contribution >= 4 is 8.32 Å². The Labute approximate surface area is 116 Å². The summed E-state index contributed by atoms with van der Waals surface area (Å²) in [7, 11) is 3.46. The molecule has 0 radical (unpaired) electrons. The first-order chi connectivity index (χ1) is 8.75.